The number of hydrogen-bond acceptors (Lipinski definition) is 10. The van der Waals surface area contributed by atoms with Gasteiger partial charge in [-0.3, -0.25) is 9.59 Å². The van der Waals surface area contributed by atoms with Crippen LogP contribution in [0.15, 0.2) is 46.9 Å². The van der Waals surface area contributed by atoms with Gasteiger partial charge in [0.25, 0.3) is 5.91 Å². The maximum absolute atomic E-state index is 13.2. The zero-order chi connectivity index (χ0) is 25.1. The van der Waals surface area contributed by atoms with E-state index in [9.17, 15) is 9.59 Å². The summed E-state index contributed by atoms with van der Waals surface area (Å²) in [6.07, 6.45) is 0.923. The number of anilines is 1. The first kappa shape index (κ1) is 24.7. The fourth-order valence-electron chi connectivity index (χ4n) is 3.97. The quantitative estimate of drug-likeness (QED) is 0.191. The number of fused-ring (bicyclic) bond motifs is 1. The molecule has 5 rings (SSSR count). The average Bonchev–Trinajstić information content (AvgIpc) is 3.59. The van der Waals surface area contributed by atoms with Crippen molar-refractivity contribution in [2.45, 2.75) is 18.5 Å². The second-order valence-electron chi connectivity index (χ2n) is 8.16. The highest BCUT2D eigenvalue weighted by Crippen LogP contribution is 2.34. The maximum Gasteiger partial charge on any atom is 0.316 e. The van der Waals surface area contributed by atoms with E-state index >= 15 is 0 Å². The second kappa shape index (κ2) is 10.9. The first-order valence-corrected chi connectivity index (χ1v) is 14.3. The number of thiophene rings is 1. The molecular weight excluding hydrogens is 515 g/mol. The number of aromatic nitrogens is 3. The molecule has 0 spiro atoms. The highest BCUT2D eigenvalue weighted by Gasteiger charge is 2.26. The third-order valence-corrected chi connectivity index (χ3v) is 8.79. The lowest BCUT2D eigenvalue weighted by Gasteiger charge is -2.35. The van der Waals surface area contributed by atoms with Gasteiger partial charge in [0, 0.05) is 42.0 Å². The largest absolute Gasteiger partial charge is 0.468 e. The summed E-state index contributed by atoms with van der Waals surface area (Å²) in [6.45, 7) is 4.60. The van der Waals surface area contributed by atoms with Crippen molar-refractivity contribution in [3.63, 3.8) is 0 Å². The third kappa shape index (κ3) is 5.23. The first-order chi connectivity index (χ1) is 17.6. The van der Waals surface area contributed by atoms with Gasteiger partial charge in [-0.25, -0.2) is 15.0 Å². The number of aryl methyl sites for hydroxylation is 1. The number of thioether (sulfide) groups is 1. The molecule has 1 aliphatic rings. The number of hydrogen-bond donors (Lipinski definition) is 0. The normalized spacial score (nSPS) is 13.8. The molecule has 3 aromatic heterocycles. The summed E-state index contributed by atoms with van der Waals surface area (Å²) in [4.78, 5) is 45.1. The number of methoxy groups -OCH3 is 1. The molecule has 4 heterocycles. The van der Waals surface area contributed by atoms with Crippen LogP contribution in [0.4, 0.5) is 5.82 Å². The molecule has 1 fully saturated rings. The molecule has 4 aromatic rings. The smallest absolute Gasteiger partial charge is 0.316 e. The lowest BCUT2D eigenvalue weighted by atomic mass is 10.2. The van der Waals surface area contributed by atoms with Crippen molar-refractivity contribution in [2.75, 3.05) is 43.9 Å². The van der Waals surface area contributed by atoms with E-state index in [0.717, 1.165) is 33.0 Å². The molecule has 0 saturated carbocycles. The molecule has 36 heavy (non-hydrogen) atoms. The van der Waals surface area contributed by atoms with Crippen molar-refractivity contribution in [2.24, 2.45) is 0 Å². The number of carbonyl (C=O) groups is 2. The van der Waals surface area contributed by atoms with Crippen LogP contribution in [-0.4, -0.2) is 70.8 Å². The van der Waals surface area contributed by atoms with Gasteiger partial charge in [-0.1, -0.05) is 49.0 Å². The fourth-order valence-corrected chi connectivity index (χ4v) is 6.46. The first-order valence-electron chi connectivity index (χ1n) is 11.6. The van der Waals surface area contributed by atoms with Gasteiger partial charge in [0.05, 0.1) is 18.2 Å². The number of thiazole rings is 1. The van der Waals surface area contributed by atoms with Gasteiger partial charge in [-0.05, 0) is 12.5 Å². The van der Waals surface area contributed by atoms with Crippen LogP contribution in [0.3, 0.4) is 0 Å². The zero-order valence-electron chi connectivity index (χ0n) is 20.0. The van der Waals surface area contributed by atoms with Crippen LogP contribution >= 0.6 is 34.4 Å². The van der Waals surface area contributed by atoms with E-state index in [-0.39, 0.29) is 17.6 Å². The number of piperazine rings is 1. The highest BCUT2D eigenvalue weighted by atomic mass is 32.2. The molecule has 0 unspecified atom stereocenters. The molecule has 1 aromatic carbocycles. The van der Waals surface area contributed by atoms with E-state index in [1.807, 2.05) is 40.6 Å². The zero-order valence-corrected chi connectivity index (χ0v) is 22.4. The van der Waals surface area contributed by atoms with E-state index in [1.165, 1.54) is 35.1 Å². The molecule has 1 amide bonds. The summed E-state index contributed by atoms with van der Waals surface area (Å²) in [5.41, 5.74) is 1.51. The number of amides is 1. The number of rotatable bonds is 7. The van der Waals surface area contributed by atoms with Crippen LogP contribution in [0, 0.1) is 0 Å². The number of esters is 1. The van der Waals surface area contributed by atoms with E-state index < -0.39 is 0 Å². The standard InChI is InChI=1S/C25H25N5O3S3/c1-3-17-13-18-21(27-25(28-23(18)36-17)35-15-20(31)33-2)29-9-11-30(12-10-29)24(32)19-14-34-22(26-19)16-7-5-4-6-8-16/h4-8,13-14H,3,9-12,15H2,1-2H3. The molecule has 0 aliphatic carbocycles. The van der Waals surface area contributed by atoms with Gasteiger partial charge < -0.3 is 14.5 Å². The Morgan fingerprint density at radius 1 is 1.08 bits per heavy atom. The maximum atomic E-state index is 13.2. The summed E-state index contributed by atoms with van der Waals surface area (Å²) < 4.78 is 4.76. The minimum Gasteiger partial charge on any atom is -0.468 e. The van der Waals surface area contributed by atoms with E-state index in [0.29, 0.717) is 37.0 Å². The molecule has 1 saturated heterocycles. The van der Waals surface area contributed by atoms with Gasteiger partial charge in [-0.2, -0.15) is 0 Å². The monoisotopic (exact) mass is 539 g/mol. The number of benzene rings is 1. The molecule has 0 N–H and O–H groups in total. The third-order valence-electron chi connectivity index (χ3n) is 5.91. The Labute approximate surface area is 221 Å². The van der Waals surface area contributed by atoms with E-state index in [4.69, 9.17) is 9.72 Å². The van der Waals surface area contributed by atoms with E-state index in [2.05, 4.69) is 27.9 Å². The summed E-state index contributed by atoms with van der Waals surface area (Å²) >= 11 is 4.42. The van der Waals surface area contributed by atoms with Gasteiger partial charge >= 0.3 is 5.97 Å². The Morgan fingerprint density at radius 3 is 2.58 bits per heavy atom. The van der Waals surface area contributed by atoms with Crippen molar-refractivity contribution in [1.29, 1.82) is 0 Å². The summed E-state index contributed by atoms with van der Waals surface area (Å²) in [5, 5.41) is 4.27. The van der Waals surface area contributed by atoms with E-state index in [1.54, 1.807) is 11.3 Å². The van der Waals surface area contributed by atoms with Gasteiger partial charge in [0.2, 0.25) is 0 Å². The number of carbonyl (C=O) groups excluding carboxylic acids is 2. The summed E-state index contributed by atoms with van der Waals surface area (Å²) in [7, 11) is 1.38. The van der Waals surface area contributed by atoms with Gasteiger partial charge in [-0.15, -0.1) is 22.7 Å². The van der Waals surface area contributed by atoms with Gasteiger partial charge in [0.15, 0.2) is 5.16 Å². The Bertz CT molecular complexity index is 1380. The Hall–Kier alpha value is -3.02. The van der Waals surface area contributed by atoms with Crippen LogP contribution in [-0.2, 0) is 16.0 Å². The minimum absolute atomic E-state index is 0.0426. The Balaban J connectivity index is 1.31. The molecule has 11 heteroatoms. The van der Waals surface area contributed by atoms with Crippen LogP contribution < -0.4 is 4.90 Å². The van der Waals surface area contributed by atoms with Crippen LogP contribution in [0.2, 0.25) is 0 Å². The summed E-state index contributed by atoms with van der Waals surface area (Å²) in [5.74, 6) is 0.665. The number of nitrogens with zero attached hydrogens (tertiary/aromatic N) is 5. The van der Waals surface area contributed by atoms with Crippen molar-refractivity contribution >= 4 is 62.3 Å². The molecule has 0 atom stereocenters. The topological polar surface area (TPSA) is 88.5 Å². The van der Waals surface area contributed by atoms with Crippen molar-refractivity contribution in [3.05, 3.63) is 52.3 Å². The SMILES string of the molecule is CCc1cc2c(N3CCN(C(=O)c4csc(-c5ccccc5)n4)CC3)nc(SCC(=O)OC)nc2s1. The predicted molar refractivity (Wildman–Crippen MR) is 145 cm³/mol. The molecular formula is C25H25N5O3S3. The van der Waals surface area contributed by atoms with Crippen LogP contribution in [0.5, 0.6) is 0 Å². The minimum atomic E-state index is -0.310. The molecule has 1 aliphatic heterocycles. The van der Waals surface area contributed by atoms with Crippen LogP contribution in [0.1, 0.15) is 22.3 Å². The van der Waals surface area contributed by atoms with Crippen LogP contribution in [0.25, 0.3) is 20.8 Å². The van der Waals surface area contributed by atoms with Crippen molar-refractivity contribution in [1.82, 2.24) is 19.9 Å². The van der Waals surface area contributed by atoms with Crippen molar-refractivity contribution in [3.8, 4) is 10.6 Å². The van der Waals surface area contributed by atoms with Crippen molar-refractivity contribution < 1.29 is 14.3 Å². The summed E-state index contributed by atoms with van der Waals surface area (Å²) in [6, 6.07) is 12.1. The lowest BCUT2D eigenvalue weighted by molar-refractivity contribution is -0.137. The Morgan fingerprint density at radius 2 is 1.86 bits per heavy atom. The molecule has 186 valence electrons. The van der Waals surface area contributed by atoms with Gasteiger partial charge in [0.1, 0.15) is 21.3 Å². The molecule has 0 bridgehead atoms. The highest BCUT2D eigenvalue weighted by molar-refractivity contribution is 7.99. The average molecular weight is 540 g/mol. The Kier molecular flexibility index (Phi) is 7.49. The molecule has 0 radical (unpaired) electrons. The molecule has 8 nitrogen and oxygen atoms in total. The predicted octanol–water partition coefficient (Wildman–Crippen LogP) is 4.60. The fraction of sp³-hybridized carbons (Fsp3) is 0.320. The second-order valence-corrected chi connectivity index (χ2v) is 11.1. The number of ether oxygens (including phenoxy) is 1. The lowest BCUT2D eigenvalue weighted by Crippen LogP contribution is -2.49.